The van der Waals surface area contributed by atoms with Crippen molar-refractivity contribution < 1.29 is 19.5 Å². The molecule has 0 spiro atoms. The van der Waals surface area contributed by atoms with Crippen LogP contribution < -0.4 is 10.6 Å². The van der Waals surface area contributed by atoms with Gasteiger partial charge in [0, 0.05) is 19.0 Å². The van der Waals surface area contributed by atoms with E-state index in [-0.39, 0.29) is 35.4 Å². The summed E-state index contributed by atoms with van der Waals surface area (Å²) in [4.78, 5) is 35.3. The molecule has 29 heavy (non-hydrogen) atoms. The van der Waals surface area contributed by atoms with Gasteiger partial charge in [0.05, 0.1) is 11.3 Å². The maximum atomic E-state index is 12.6. The fourth-order valence-electron chi connectivity index (χ4n) is 3.23. The van der Waals surface area contributed by atoms with Gasteiger partial charge in [0.25, 0.3) is 0 Å². The normalized spacial score (nSPS) is 11.7. The molecule has 0 saturated heterocycles. The van der Waals surface area contributed by atoms with E-state index in [4.69, 9.17) is 0 Å². The first-order valence-corrected chi connectivity index (χ1v) is 9.27. The van der Waals surface area contributed by atoms with Crippen molar-refractivity contribution in [2.24, 2.45) is 0 Å². The number of hydrogen-bond acceptors (Lipinski definition) is 3. The van der Waals surface area contributed by atoms with Gasteiger partial charge in [0.2, 0.25) is 11.8 Å². The van der Waals surface area contributed by atoms with Gasteiger partial charge in [-0.05, 0) is 40.5 Å². The number of fused-ring (bicyclic) bond motifs is 1. The molecule has 3 aromatic carbocycles. The number of carbonyl (C=O) groups is 3. The molecular weight excluding hydrogens is 368 g/mol. The zero-order valence-electron chi connectivity index (χ0n) is 16.2. The smallest absolute Gasteiger partial charge is 0.337 e. The number of rotatable bonds is 6. The van der Waals surface area contributed by atoms with Gasteiger partial charge in [0.15, 0.2) is 0 Å². The highest BCUT2D eigenvalue weighted by molar-refractivity contribution is 6.02. The molecule has 0 radical (unpaired) electrons. The standard InChI is InChI=1S/C23H22N2O4/c1-14(17-8-7-16-5-3-4-6-18(16)12-17)11-22(27)25-21-13-19(24-15(2)26)9-10-20(21)23(28)29/h3-10,12-14H,11H2,1-2H3,(H,24,26)(H,25,27)(H,28,29). The number of carboxylic acid groups (broad SMARTS) is 1. The van der Waals surface area contributed by atoms with Crippen LogP contribution in [0.3, 0.4) is 0 Å². The Morgan fingerprint density at radius 1 is 0.931 bits per heavy atom. The lowest BCUT2D eigenvalue weighted by Crippen LogP contribution is -2.17. The van der Waals surface area contributed by atoms with E-state index in [0.717, 1.165) is 16.3 Å². The topological polar surface area (TPSA) is 95.5 Å². The lowest BCUT2D eigenvalue weighted by molar-refractivity contribution is -0.116. The maximum Gasteiger partial charge on any atom is 0.337 e. The van der Waals surface area contributed by atoms with Crippen molar-refractivity contribution in [1.29, 1.82) is 0 Å². The fraction of sp³-hybridized carbons (Fsp3) is 0.174. The molecule has 3 rings (SSSR count). The minimum absolute atomic E-state index is 0.0363. The summed E-state index contributed by atoms with van der Waals surface area (Å²) in [5.41, 5.74) is 1.56. The summed E-state index contributed by atoms with van der Waals surface area (Å²) in [7, 11) is 0. The lowest BCUT2D eigenvalue weighted by Gasteiger charge is -2.15. The summed E-state index contributed by atoms with van der Waals surface area (Å²) in [6, 6.07) is 18.4. The highest BCUT2D eigenvalue weighted by Crippen LogP contribution is 2.26. The van der Waals surface area contributed by atoms with Crippen LogP contribution in [0.4, 0.5) is 11.4 Å². The molecule has 0 fully saturated rings. The Balaban J connectivity index is 1.76. The predicted octanol–water partition coefficient (Wildman–Crippen LogP) is 4.63. The van der Waals surface area contributed by atoms with Crippen molar-refractivity contribution in [2.45, 2.75) is 26.2 Å². The second kappa shape index (κ2) is 8.56. The molecule has 0 heterocycles. The molecule has 1 unspecified atom stereocenters. The number of benzene rings is 3. The van der Waals surface area contributed by atoms with Crippen LogP contribution in [0, 0.1) is 0 Å². The average molecular weight is 390 g/mol. The predicted molar refractivity (Wildman–Crippen MR) is 113 cm³/mol. The first-order valence-electron chi connectivity index (χ1n) is 9.27. The molecule has 6 heteroatoms. The monoisotopic (exact) mass is 390 g/mol. The Hall–Kier alpha value is -3.67. The number of aromatic carboxylic acids is 1. The Morgan fingerprint density at radius 3 is 2.34 bits per heavy atom. The van der Waals surface area contributed by atoms with Crippen molar-refractivity contribution in [3.8, 4) is 0 Å². The molecule has 6 nitrogen and oxygen atoms in total. The van der Waals surface area contributed by atoms with E-state index < -0.39 is 5.97 Å². The lowest BCUT2D eigenvalue weighted by atomic mass is 9.95. The van der Waals surface area contributed by atoms with Gasteiger partial charge in [-0.2, -0.15) is 0 Å². The van der Waals surface area contributed by atoms with Gasteiger partial charge in [-0.25, -0.2) is 4.79 Å². The molecule has 0 aliphatic rings. The molecule has 3 aromatic rings. The Kier molecular flexibility index (Phi) is 5.93. The van der Waals surface area contributed by atoms with Crippen molar-refractivity contribution in [3.63, 3.8) is 0 Å². The van der Waals surface area contributed by atoms with E-state index in [1.54, 1.807) is 0 Å². The first kappa shape index (κ1) is 20.1. The molecular formula is C23H22N2O4. The van der Waals surface area contributed by atoms with Crippen LogP contribution >= 0.6 is 0 Å². The average Bonchev–Trinajstić information content (AvgIpc) is 2.67. The summed E-state index contributed by atoms with van der Waals surface area (Å²) in [6.45, 7) is 3.31. The van der Waals surface area contributed by atoms with Crippen molar-refractivity contribution >= 4 is 39.9 Å². The highest BCUT2D eigenvalue weighted by atomic mass is 16.4. The van der Waals surface area contributed by atoms with Crippen LogP contribution in [0.25, 0.3) is 10.8 Å². The minimum atomic E-state index is -1.16. The van der Waals surface area contributed by atoms with Crippen LogP contribution in [0.2, 0.25) is 0 Å². The number of amides is 2. The molecule has 0 bridgehead atoms. The van der Waals surface area contributed by atoms with Crippen molar-refractivity contribution in [3.05, 3.63) is 71.8 Å². The quantitative estimate of drug-likeness (QED) is 0.572. The third kappa shape index (κ3) is 4.99. The third-order valence-electron chi connectivity index (χ3n) is 4.68. The van der Waals surface area contributed by atoms with E-state index >= 15 is 0 Å². The van der Waals surface area contributed by atoms with Crippen LogP contribution in [-0.4, -0.2) is 22.9 Å². The summed E-state index contributed by atoms with van der Waals surface area (Å²) < 4.78 is 0. The van der Waals surface area contributed by atoms with Crippen LogP contribution in [0.1, 0.15) is 42.1 Å². The molecule has 2 amide bonds. The summed E-state index contributed by atoms with van der Waals surface area (Å²) in [5.74, 6) is -1.79. The maximum absolute atomic E-state index is 12.6. The minimum Gasteiger partial charge on any atom is -0.478 e. The van der Waals surface area contributed by atoms with Crippen LogP contribution in [-0.2, 0) is 9.59 Å². The Labute approximate surface area is 168 Å². The number of carbonyl (C=O) groups excluding carboxylic acids is 2. The molecule has 0 aliphatic carbocycles. The summed E-state index contributed by atoms with van der Waals surface area (Å²) in [5, 5.41) is 16.9. The Bertz CT molecular complexity index is 1090. The van der Waals surface area contributed by atoms with Gasteiger partial charge in [-0.1, -0.05) is 49.4 Å². The third-order valence-corrected chi connectivity index (χ3v) is 4.68. The van der Waals surface area contributed by atoms with Gasteiger partial charge in [0.1, 0.15) is 0 Å². The number of anilines is 2. The fourth-order valence-corrected chi connectivity index (χ4v) is 3.23. The van der Waals surface area contributed by atoms with E-state index in [2.05, 4.69) is 16.7 Å². The molecule has 0 saturated carbocycles. The van der Waals surface area contributed by atoms with Crippen molar-refractivity contribution in [2.75, 3.05) is 10.6 Å². The Morgan fingerprint density at radius 2 is 1.66 bits per heavy atom. The van der Waals surface area contributed by atoms with E-state index in [1.807, 2.05) is 43.3 Å². The van der Waals surface area contributed by atoms with E-state index in [1.165, 1.54) is 25.1 Å². The van der Waals surface area contributed by atoms with Gasteiger partial charge in [-0.3, -0.25) is 9.59 Å². The van der Waals surface area contributed by atoms with Crippen LogP contribution in [0.5, 0.6) is 0 Å². The summed E-state index contributed by atoms with van der Waals surface area (Å²) in [6.07, 6.45) is 0.196. The van der Waals surface area contributed by atoms with Gasteiger partial charge < -0.3 is 15.7 Å². The van der Waals surface area contributed by atoms with Crippen LogP contribution in [0.15, 0.2) is 60.7 Å². The van der Waals surface area contributed by atoms with Gasteiger partial charge >= 0.3 is 5.97 Å². The van der Waals surface area contributed by atoms with E-state index in [9.17, 15) is 19.5 Å². The molecule has 1 atom stereocenters. The molecule has 148 valence electrons. The zero-order valence-corrected chi connectivity index (χ0v) is 16.2. The first-order chi connectivity index (χ1) is 13.8. The highest BCUT2D eigenvalue weighted by Gasteiger charge is 2.16. The van der Waals surface area contributed by atoms with Gasteiger partial charge in [-0.15, -0.1) is 0 Å². The molecule has 0 aromatic heterocycles. The van der Waals surface area contributed by atoms with Crippen molar-refractivity contribution in [1.82, 2.24) is 0 Å². The second-order valence-corrected chi connectivity index (χ2v) is 7.01. The number of carboxylic acids is 1. The summed E-state index contributed by atoms with van der Waals surface area (Å²) >= 11 is 0. The number of nitrogens with one attached hydrogen (secondary N) is 2. The largest absolute Gasteiger partial charge is 0.478 e. The number of hydrogen-bond donors (Lipinski definition) is 3. The molecule has 3 N–H and O–H groups in total. The zero-order chi connectivity index (χ0) is 21.0. The SMILES string of the molecule is CC(=O)Nc1ccc(C(=O)O)c(NC(=O)CC(C)c2ccc3ccccc3c2)c1. The van der Waals surface area contributed by atoms with E-state index in [0.29, 0.717) is 5.69 Å². The second-order valence-electron chi connectivity index (χ2n) is 7.01. The molecule has 0 aliphatic heterocycles.